The molecule has 4 rings (SSSR count). The second kappa shape index (κ2) is 6.08. The minimum atomic E-state index is -0.612. The number of aromatic nitrogens is 4. The van der Waals surface area contributed by atoms with Crippen molar-refractivity contribution in [2.24, 2.45) is 5.73 Å². The first-order valence-corrected chi connectivity index (χ1v) is 8.15. The Hall–Kier alpha value is -2.68. The normalized spacial score (nSPS) is 23.1. The molecular weight excluding hydrogens is 308 g/mol. The van der Waals surface area contributed by atoms with Crippen LogP contribution in [0.5, 0.6) is 0 Å². The Labute approximate surface area is 139 Å². The summed E-state index contributed by atoms with van der Waals surface area (Å²) in [5.74, 6) is 0.512. The van der Waals surface area contributed by atoms with Crippen LogP contribution in [0.4, 0.5) is 17.3 Å². The molecule has 2 atom stereocenters. The highest BCUT2D eigenvalue weighted by molar-refractivity contribution is 5.96. The molecule has 0 radical (unpaired) electrons. The largest absolute Gasteiger partial charge is 0.364 e. The Bertz CT molecular complexity index is 731. The van der Waals surface area contributed by atoms with E-state index in [1.54, 1.807) is 18.6 Å². The Morgan fingerprint density at radius 2 is 2.29 bits per heavy atom. The molecule has 0 saturated carbocycles. The van der Waals surface area contributed by atoms with Crippen LogP contribution in [0.15, 0.2) is 18.6 Å². The van der Waals surface area contributed by atoms with Crippen molar-refractivity contribution in [3.8, 4) is 0 Å². The zero-order chi connectivity index (χ0) is 16.5. The summed E-state index contributed by atoms with van der Waals surface area (Å²) in [4.78, 5) is 22.8. The van der Waals surface area contributed by atoms with Gasteiger partial charge in [0.2, 0.25) is 0 Å². The van der Waals surface area contributed by atoms with Gasteiger partial charge < -0.3 is 21.3 Å². The number of nitrogens with two attached hydrogens (primary N) is 1. The van der Waals surface area contributed by atoms with E-state index in [1.165, 1.54) is 6.42 Å². The van der Waals surface area contributed by atoms with E-state index in [0.717, 1.165) is 31.7 Å². The summed E-state index contributed by atoms with van der Waals surface area (Å²) < 4.78 is 0. The van der Waals surface area contributed by atoms with Gasteiger partial charge in [-0.3, -0.25) is 9.89 Å². The molecule has 2 aromatic heterocycles. The maximum Gasteiger partial charge on any atom is 0.271 e. The summed E-state index contributed by atoms with van der Waals surface area (Å²) in [6.07, 6.45) is 8.32. The summed E-state index contributed by atoms with van der Waals surface area (Å²) in [6.45, 7) is 1.97. The SMILES string of the molecule is NC(=O)c1ncc(N2CCCC3NCCC32)nc1Nc1cn[nH]c1. The summed E-state index contributed by atoms with van der Waals surface area (Å²) in [5, 5.41) is 13.2. The molecule has 2 saturated heterocycles. The molecule has 9 nitrogen and oxygen atoms in total. The third-order valence-corrected chi connectivity index (χ3v) is 4.67. The third kappa shape index (κ3) is 2.67. The molecule has 0 aliphatic carbocycles. The lowest BCUT2D eigenvalue weighted by Crippen LogP contribution is -2.49. The van der Waals surface area contributed by atoms with Crippen LogP contribution in [-0.2, 0) is 0 Å². The van der Waals surface area contributed by atoms with Crippen molar-refractivity contribution in [1.29, 1.82) is 0 Å². The first kappa shape index (κ1) is 14.9. The Morgan fingerprint density at radius 3 is 3.08 bits per heavy atom. The average molecular weight is 328 g/mol. The van der Waals surface area contributed by atoms with Crippen molar-refractivity contribution in [2.75, 3.05) is 23.3 Å². The Morgan fingerprint density at radius 1 is 1.38 bits per heavy atom. The number of nitrogens with zero attached hydrogens (tertiary/aromatic N) is 4. The summed E-state index contributed by atoms with van der Waals surface area (Å²) in [6, 6.07) is 0.927. The molecule has 2 aliphatic heterocycles. The molecular formula is C15H20N8O. The monoisotopic (exact) mass is 328 g/mol. The average Bonchev–Trinajstić information content (AvgIpc) is 3.25. The highest BCUT2D eigenvalue weighted by Crippen LogP contribution is 2.29. The van der Waals surface area contributed by atoms with Gasteiger partial charge in [-0.15, -0.1) is 0 Å². The molecule has 2 fully saturated rings. The van der Waals surface area contributed by atoms with E-state index < -0.39 is 5.91 Å². The third-order valence-electron chi connectivity index (χ3n) is 4.67. The van der Waals surface area contributed by atoms with Gasteiger partial charge in [-0.25, -0.2) is 9.97 Å². The molecule has 2 aliphatic rings. The van der Waals surface area contributed by atoms with E-state index in [2.05, 4.69) is 35.7 Å². The molecule has 1 amide bonds. The highest BCUT2D eigenvalue weighted by Gasteiger charge is 2.35. The number of fused-ring (bicyclic) bond motifs is 1. The van der Waals surface area contributed by atoms with Gasteiger partial charge in [0, 0.05) is 24.8 Å². The lowest BCUT2D eigenvalue weighted by molar-refractivity contribution is 0.0996. The quantitative estimate of drug-likeness (QED) is 0.639. The van der Waals surface area contributed by atoms with Gasteiger partial charge in [0.1, 0.15) is 5.82 Å². The summed E-state index contributed by atoms with van der Waals surface area (Å²) in [5.41, 5.74) is 6.25. The lowest BCUT2D eigenvalue weighted by Gasteiger charge is -2.38. The fourth-order valence-electron chi connectivity index (χ4n) is 3.59. The Balaban J connectivity index is 1.67. The van der Waals surface area contributed by atoms with Crippen LogP contribution in [0.3, 0.4) is 0 Å². The van der Waals surface area contributed by atoms with Crippen molar-refractivity contribution >= 4 is 23.2 Å². The standard InChI is InChI=1S/C15H20N8O/c16-14(24)13-15(21-9-6-19-20-7-9)22-12(8-18-13)23-5-1-2-10-11(23)3-4-17-10/h6-8,10-11,17H,1-5H2,(H2,16,24)(H,19,20)(H,21,22). The topological polar surface area (TPSA) is 125 Å². The fraction of sp³-hybridized carbons (Fsp3) is 0.467. The van der Waals surface area contributed by atoms with E-state index >= 15 is 0 Å². The number of carbonyl (C=O) groups is 1. The molecule has 2 unspecified atom stereocenters. The van der Waals surface area contributed by atoms with Crippen molar-refractivity contribution < 1.29 is 4.79 Å². The number of nitrogens with one attached hydrogen (secondary N) is 3. The molecule has 24 heavy (non-hydrogen) atoms. The zero-order valence-corrected chi connectivity index (χ0v) is 13.2. The number of amides is 1. The molecule has 9 heteroatoms. The molecule has 5 N–H and O–H groups in total. The molecule has 0 bridgehead atoms. The van der Waals surface area contributed by atoms with Crippen LogP contribution in [0.2, 0.25) is 0 Å². The van der Waals surface area contributed by atoms with E-state index in [1.807, 2.05) is 0 Å². The minimum absolute atomic E-state index is 0.123. The number of anilines is 3. The smallest absolute Gasteiger partial charge is 0.271 e. The maximum absolute atomic E-state index is 11.7. The number of hydrogen-bond acceptors (Lipinski definition) is 7. The van der Waals surface area contributed by atoms with Crippen molar-refractivity contribution in [2.45, 2.75) is 31.3 Å². The van der Waals surface area contributed by atoms with Crippen LogP contribution >= 0.6 is 0 Å². The molecule has 0 spiro atoms. The molecule has 126 valence electrons. The van der Waals surface area contributed by atoms with Crippen molar-refractivity contribution in [3.63, 3.8) is 0 Å². The van der Waals surface area contributed by atoms with E-state index in [9.17, 15) is 4.79 Å². The highest BCUT2D eigenvalue weighted by atomic mass is 16.1. The number of hydrogen-bond donors (Lipinski definition) is 4. The number of H-pyrrole nitrogens is 1. The van der Waals surface area contributed by atoms with Crippen LogP contribution in [0.1, 0.15) is 29.8 Å². The van der Waals surface area contributed by atoms with Gasteiger partial charge in [-0.2, -0.15) is 5.10 Å². The van der Waals surface area contributed by atoms with Gasteiger partial charge in [-0.05, 0) is 25.8 Å². The van der Waals surface area contributed by atoms with E-state index in [4.69, 9.17) is 5.73 Å². The van der Waals surface area contributed by atoms with Gasteiger partial charge in [-0.1, -0.05) is 0 Å². The van der Waals surface area contributed by atoms with Crippen LogP contribution < -0.4 is 21.3 Å². The fourth-order valence-corrected chi connectivity index (χ4v) is 3.59. The first-order valence-electron chi connectivity index (χ1n) is 8.15. The van der Waals surface area contributed by atoms with E-state index in [-0.39, 0.29) is 5.69 Å². The van der Waals surface area contributed by atoms with Crippen LogP contribution in [-0.4, -0.2) is 51.2 Å². The van der Waals surface area contributed by atoms with Crippen molar-refractivity contribution in [3.05, 3.63) is 24.3 Å². The predicted octanol–water partition coefficient (Wildman–Crippen LogP) is 0.373. The summed E-state index contributed by atoms with van der Waals surface area (Å²) in [7, 11) is 0. The number of aromatic amines is 1. The zero-order valence-electron chi connectivity index (χ0n) is 13.2. The van der Waals surface area contributed by atoms with Crippen molar-refractivity contribution in [1.82, 2.24) is 25.5 Å². The van der Waals surface area contributed by atoms with Crippen LogP contribution in [0, 0.1) is 0 Å². The van der Waals surface area contributed by atoms with Gasteiger partial charge in [0.15, 0.2) is 11.5 Å². The summed E-state index contributed by atoms with van der Waals surface area (Å²) >= 11 is 0. The predicted molar refractivity (Wildman–Crippen MR) is 89.2 cm³/mol. The lowest BCUT2D eigenvalue weighted by atomic mass is 9.97. The number of primary amides is 1. The second-order valence-electron chi connectivity index (χ2n) is 6.15. The van der Waals surface area contributed by atoms with Crippen LogP contribution in [0.25, 0.3) is 0 Å². The number of carbonyl (C=O) groups excluding carboxylic acids is 1. The molecule has 0 aromatic carbocycles. The minimum Gasteiger partial charge on any atom is -0.364 e. The Kier molecular flexibility index (Phi) is 3.77. The molecule has 4 heterocycles. The maximum atomic E-state index is 11.7. The van der Waals surface area contributed by atoms with Gasteiger partial charge in [0.05, 0.1) is 18.1 Å². The van der Waals surface area contributed by atoms with Gasteiger partial charge in [0.25, 0.3) is 5.91 Å². The first-order chi connectivity index (χ1) is 11.7. The van der Waals surface area contributed by atoms with E-state index in [0.29, 0.717) is 23.6 Å². The second-order valence-corrected chi connectivity index (χ2v) is 6.15. The molecule has 2 aromatic rings. The number of piperidine rings is 1. The number of rotatable bonds is 4. The van der Waals surface area contributed by atoms with Gasteiger partial charge >= 0.3 is 0 Å².